The fourth-order valence-corrected chi connectivity index (χ4v) is 3.75. The average Bonchev–Trinajstić information content (AvgIpc) is 2.62. The molecule has 0 unspecified atom stereocenters. The monoisotopic (exact) mass is 351 g/mol. The summed E-state index contributed by atoms with van der Waals surface area (Å²) < 4.78 is 5.35. The molecule has 26 heavy (non-hydrogen) atoms. The molecule has 1 aliphatic rings. The molecule has 4 nitrogen and oxygen atoms in total. The van der Waals surface area contributed by atoms with Gasteiger partial charge < -0.3 is 4.74 Å². The van der Waals surface area contributed by atoms with E-state index in [0.29, 0.717) is 23.8 Å². The van der Waals surface area contributed by atoms with E-state index in [1.54, 1.807) is 17.9 Å². The molecule has 0 saturated heterocycles. The van der Waals surface area contributed by atoms with Gasteiger partial charge in [-0.05, 0) is 37.0 Å². The standard InChI is InChI=1S/C22H25NO3/c1-4-26-22(25)23-18-13-9-8-12-17(18)21(24)20(19(23)14-15(2)3)16-10-6-5-7-11-16/h5-13,15,19-20H,4,14H2,1-3H3/t19-,20-/m0/s1. The average molecular weight is 351 g/mol. The van der Waals surface area contributed by atoms with Gasteiger partial charge in [-0.3, -0.25) is 9.69 Å². The molecule has 2 atom stereocenters. The summed E-state index contributed by atoms with van der Waals surface area (Å²) in [7, 11) is 0. The molecule has 0 aliphatic carbocycles. The number of anilines is 1. The summed E-state index contributed by atoms with van der Waals surface area (Å²) in [6.45, 7) is 6.31. The number of hydrogen-bond donors (Lipinski definition) is 0. The van der Waals surface area contributed by atoms with Crippen LogP contribution in [0.2, 0.25) is 0 Å². The van der Waals surface area contributed by atoms with Crippen LogP contribution in [0.15, 0.2) is 54.6 Å². The van der Waals surface area contributed by atoms with Gasteiger partial charge in [0.25, 0.3) is 0 Å². The SMILES string of the molecule is CCOC(=O)N1c2ccccc2C(=O)[C@@H](c2ccccc2)[C@@H]1CC(C)C. The molecule has 3 rings (SSSR count). The minimum Gasteiger partial charge on any atom is -0.449 e. The maximum absolute atomic E-state index is 13.4. The maximum Gasteiger partial charge on any atom is 0.414 e. The highest BCUT2D eigenvalue weighted by atomic mass is 16.6. The number of carbonyl (C=O) groups is 2. The van der Waals surface area contributed by atoms with Crippen LogP contribution >= 0.6 is 0 Å². The Bertz CT molecular complexity index is 785. The lowest BCUT2D eigenvalue weighted by atomic mass is 9.77. The molecular formula is C22H25NO3. The lowest BCUT2D eigenvalue weighted by Crippen LogP contribution is -2.51. The van der Waals surface area contributed by atoms with E-state index < -0.39 is 5.92 Å². The first-order valence-electron chi connectivity index (χ1n) is 9.18. The summed E-state index contributed by atoms with van der Waals surface area (Å²) in [6.07, 6.45) is 0.331. The molecule has 1 heterocycles. The second kappa shape index (κ2) is 7.73. The van der Waals surface area contributed by atoms with Crippen molar-refractivity contribution in [1.82, 2.24) is 0 Å². The zero-order valence-electron chi connectivity index (χ0n) is 15.5. The minimum atomic E-state index is -0.391. The van der Waals surface area contributed by atoms with Crippen molar-refractivity contribution in [3.63, 3.8) is 0 Å². The number of ether oxygens (including phenoxy) is 1. The normalized spacial score (nSPS) is 19.4. The second-order valence-corrected chi connectivity index (χ2v) is 7.04. The Morgan fingerprint density at radius 2 is 1.73 bits per heavy atom. The first-order valence-corrected chi connectivity index (χ1v) is 9.18. The first kappa shape index (κ1) is 18.2. The van der Waals surface area contributed by atoms with Crippen molar-refractivity contribution >= 4 is 17.6 Å². The van der Waals surface area contributed by atoms with Crippen molar-refractivity contribution in [1.29, 1.82) is 0 Å². The van der Waals surface area contributed by atoms with E-state index in [0.717, 1.165) is 12.0 Å². The molecule has 0 radical (unpaired) electrons. The number of amides is 1. The summed E-state index contributed by atoms with van der Waals surface area (Å²) >= 11 is 0. The van der Waals surface area contributed by atoms with Crippen molar-refractivity contribution in [2.45, 2.75) is 39.2 Å². The van der Waals surface area contributed by atoms with Crippen molar-refractivity contribution < 1.29 is 14.3 Å². The number of nitrogens with zero attached hydrogens (tertiary/aromatic N) is 1. The lowest BCUT2D eigenvalue weighted by molar-refractivity contribution is 0.0927. The van der Waals surface area contributed by atoms with Crippen LogP contribution in [0.1, 0.15) is 49.0 Å². The maximum atomic E-state index is 13.4. The molecule has 0 saturated carbocycles. The number of Topliss-reactive ketones (excluding diaryl/α,β-unsaturated/α-hetero) is 1. The van der Waals surface area contributed by atoms with Crippen LogP contribution in [0.3, 0.4) is 0 Å². The van der Waals surface area contributed by atoms with Crippen molar-refractivity contribution in [3.8, 4) is 0 Å². The van der Waals surface area contributed by atoms with Gasteiger partial charge in [0.05, 0.1) is 24.3 Å². The molecule has 0 spiro atoms. The summed E-state index contributed by atoms with van der Waals surface area (Å²) in [6, 6.07) is 16.8. The van der Waals surface area contributed by atoms with Crippen molar-refractivity contribution in [2.75, 3.05) is 11.5 Å². The van der Waals surface area contributed by atoms with Crippen LogP contribution in [0, 0.1) is 5.92 Å². The predicted octanol–water partition coefficient (Wildman–Crippen LogP) is 5.04. The van der Waals surface area contributed by atoms with E-state index in [-0.39, 0.29) is 17.9 Å². The van der Waals surface area contributed by atoms with Gasteiger partial charge in [0.15, 0.2) is 5.78 Å². The van der Waals surface area contributed by atoms with Gasteiger partial charge in [-0.2, -0.15) is 0 Å². The number of carbonyl (C=O) groups excluding carboxylic acids is 2. The predicted molar refractivity (Wildman–Crippen MR) is 103 cm³/mol. The molecule has 1 aliphatic heterocycles. The fourth-order valence-electron chi connectivity index (χ4n) is 3.75. The Balaban J connectivity index is 2.17. The van der Waals surface area contributed by atoms with E-state index in [2.05, 4.69) is 13.8 Å². The van der Waals surface area contributed by atoms with Crippen LogP contribution in [-0.2, 0) is 4.74 Å². The molecule has 2 aromatic carbocycles. The van der Waals surface area contributed by atoms with Gasteiger partial charge >= 0.3 is 6.09 Å². The Labute approximate surface area is 154 Å². The molecule has 4 heteroatoms. The highest BCUT2D eigenvalue weighted by molar-refractivity contribution is 6.11. The van der Waals surface area contributed by atoms with Gasteiger partial charge in [0.2, 0.25) is 0 Å². The Kier molecular flexibility index (Phi) is 5.40. The van der Waals surface area contributed by atoms with Crippen LogP contribution in [-0.4, -0.2) is 24.5 Å². The van der Waals surface area contributed by atoms with E-state index in [1.807, 2.05) is 48.5 Å². The molecule has 0 fully saturated rings. The van der Waals surface area contributed by atoms with Crippen molar-refractivity contribution in [2.24, 2.45) is 5.92 Å². The van der Waals surface area contributed by atoms with Crippen LogP contribution in [0.25, 0.3) is 0 Å². The van der Waals surface area contributed by atoms with Crippen LogP contribution in [0.5, 0.6) is 0 Å². The first-order chi connectivity index (χ1) is 12.5. The zero-order chi connectivity index (χ0) is 18.7. The third-order valence-corrected chi connectivity index (χ3v) is 4.76. The largest absolute Gasteiger partial charge is 0.449 e. The number of para-hydroxylation sites is 1. The molecule has 136 valence electrons. The third-order valence-electron chi connectivity index (χ3n) is 4.76. The Morgan fingerprint density at radius 1 is 1.08 bits per heavy atom. The molecule has 2 aromatic rings. The highest BCUT2D eigenvalue weighted by Crippen LogP contribution is 2.41. The number of ketones is 1. The summed E-state index contributed by atoms with van der Waals surface area (Å²) in [4.78, 5) is 27.9. The van der Waals surface area contributed by atoms with Gasteiger partial charge in [0.1, 0.15) is 0 Å². The second-order valence-electron chi connectivity index (χ2n) is 7.04. The van der Waals surface area contributed by atoms with E-state index in [1.165, 1.54) is 0 Å². The molecule has 0 bridgehead atoms. The van der Waals surface area contributed by atoms with Gasteiger partial charge in [-0.1, -0.05) is 56.3 Å². The zero-order valence-corrected chi connectivity index (χ0v) is 15.5. The van der Waals surface area contributed by atoms with E-state index in [9.17, 15) is 9.59 Å². The number of hydrogen-bond acceptors (Lipinski definition) is 3. The van der Waals surface area contributed by atoms with Crippen LogP contribution < -0.4 is 4.90 Å². The van der Waals surface area contributed by atoms with Crippen molar-refractivity contribution in [3.05, 3.63) is 65.7 Å². The topological polar surface area (TPSA) is 46.6 Å². The van der Waals surface area contributed by atoms with Gasteiger partial charge in [-0.25, -0.2) is 4.79 Å². The molecule has 0 N–H and O–H groups in total. The van der Waals surface area contributed by atoms with E-state index >= 15 is 0 Å². The lowest BCUT2D eigenvalue weighted by Gasteiger charge is -2.41. The van der Waals surface area contributed by atoms with Crippen LogP contribution in [0.4, 0.5) is 10.5 Å². The quantitative estimate of drug-likeness (QED) is 0.775. The third kappa shape index (κ3) is 3.36. The number of benzene rings is 2. The Morgan fingerprint density at radius 3 is 2.38 bits per heavy atom. The fraction of sp³-hybridized carbons (Fsp3) is 0.364. The minimum absolute atomic E-state index is 0.0676. The van der Waals surface area contributed by atoms with E-state index in [4.69, 9.17) is 4.74 Å². The molecule has 1 amide bonds. The number of rotatable bonds is 4. The summed E-state index contributed by atoms with van der Waals surface area (Å²) in [5.74, 6) is 0.0112. The summed E-state index contributed by atoms with van der Waals surface area (Å²) in [5.41, 5.74) is 2.16. The summed E-state index contributed by atoms with van der Waals surface area (Å²) in [5, 5.41) is 0. The molecular weight excluding hydrogens is 326 g/mol. The van der Waals surface area contributed by atoms with Gasteiger partial charge in [-0.15, -0.1) is 0 Å². The Hall–Kier alpha value is -2.62. The highest BCUT2D eigenvalue weighted by Gasteiger charge is 2.44. The smallest absolute Gasteiger partial charge is 0.414 e. The number of fused-ring (bicyclic) bond motifs is 1. The van der Waals surface area contributed by atoms with Gasteiger partial charge in [0, 0.05) is 5.56 Å². The molecule has 0 aromatic heterocycles.